The average molecular weight is 461 g/mol. The minimum Gasteiger partial charge on any atom is -0.489 e. The molecule has 2 heterocycles. The molecular formula is C26H24FN3O4. The van der Waals surface area contributed by atoms with Crippen molar-refractivity contribution in [3.8, 4) is 5.75 Å². The summed E-state index contributed by atoms with van der Waals surface area (Å²) in [5.41, 5.74) is 1.51. The number of ether oxygens (including phenoxy) is 1. The van der Waals surface area contributed by atoms with Crippen LogP contribution in [0.15, 0.2) is 60.3 Å². The Labute approximate surface area is 195 Å². The molecule has 2 aliphatic rings. The minimum absolute atomic E-state index is 0.0583. The first-order chi connectivity index (χ1) is 16.5. The van der Waals surface area contributed by atoms with Crippen molar-refractivity contribution in [1.82, 2.24) is 14.8 Å². The molecule has 1 aromatic heterocycles. The van der Waals surface area contributed by atoms with Crippen molar-refractivity contribution in [2.24, 2.45) is 0 Å². The second-order valence-electron chi connectivity index (χ2n) is 8.50. The summed E-state index contributed by atoms with van der Waals surface area (Å²) in [7, 11) is 0. The summed E-state index contributed by atoms with van der Waals surface area (Å²) >= 11 is 0. The fourth-order valence-electron chi connectivity index (χ4n) is 4.71. The maximum absolute atomic E-state index is 13.8. The number of barbiturate groups is 1. The van der Waals surface area contributed by atoms with E-state index in [9.17, 15) is 18.8 Å². The van der Waals surface area contributed by atoms with Crippen molar-refractivity contribution in [1.29, 1.82) is 0 Å². The van der Waals surface area contributed by atoms with Crippen LogP contribution in [0.25, 0.3) is 17.0 Å². The van der Waals surface area contributed by atoms with Crippen molar-refractivity contribution in [3.05, 3.63) is 71.7 Å². The van der Waals surface area contributed by atoms with Gasteiger partial charge in [-0.25, -0.2) is 9.18 Å². The lowest BCUT2D eigenvalue weighted by molar-refractivity contribution is -0.131. The molecule has 34 heavy (non-hydrogen) atoms. The summed E-state index contributed by atoms with van der Waals surface area (Å²) in [6, 6.07) is 13.0. The predicted molar refractivity (Wildman–Crippen MR) is 124 cm³/mol. The Morgan fingerprint density at radius 3 is 2.56 bits per heavy atom. The summed E-state index contributed by atoms with van der Waals surface area (Å²) < 4.78 is 21.4. The molecule has 1 N–H and O–H groups in total. The molecule has 4 amide bonds. The van der Waals surface area contributed by atoms with Crippen LogP contribution in [-0.2, 0) is 16.1 Å². The number of benzene rings is 2. The molecule has 0 radical (unpaired) electrons. The molecule has 5 rings (SSSR count). The predicted octanol–water partition coefficient (Wildman–Crippen LogP) is 4.26. The van der Waals surface area contributed by atoms with Crippen molar-refractivity contribution in [2.45, 2.75) is 38.3 Å². The molecule has 3 aromatic rings. The summed E-state index contributed by atoms with van der Waals surface area (Å²) in [4.78, 5) is 39.3. The van der Waals surface area contributed by atoms with Gasteiger partial charge in [-0.1, -0.05) is 43.2 Å². The van der Waals surface area contributed by atoms with Crippen molar-refractivity contribution in [2.75, 3.05) is 6.61 Å². The highest BCUT2D eigenvalue weighted by Gasteiger charge is 2.40. The van der Waals surface area contributed by atoms with Crippen LogP contribution in [0.3, 0.4) is 0 Å². The van der Waals surface area contributed by atoms with E-state index in [2.05, 4.69) is 5.32 Å². The molecule has 7 nitrogen and oxygen atoms in total. The van der Waals surface area contributed by atoms with Gasteiger partial charge in [-0.05, 0) is 37.1 Å². The zero-order chi connectivity index (χ0) is 23.7. The Balaban J connectivity index is 1.43. The largest absolute Gasteiger partial charge is 0.489 e. The van der Waals surface area contributed by atoms with Crippen LogP contribution in [0.2, 0.25) is 0 Å². The van der Waals surface area contributed by atoms with Crippen LogP contribution in [0, 0.1) is 5.82 Å². The number of nitrogens with zero attached hydrogens (tertiary/aromatic N) is 2. The van der Waals surface area contributed by atoms with E-state index in [0.717, 1.165) is 36.6 Å². The third-order valence-corrected chi connectivity index (χ3v) is 6.37. The molecule has 8 heteroatoms. The van der Waals surface area contributed by atoms with E-state index in [-0.39, 0.29) is 24.0 Å². The second-order valence-corrected chi connectivity index (χ2v) is 8.50. The van der Waals surface area contributed by atoms with Gasteiger partial charge in [0.2, 0.25) is 0 Å². The van der Waals surface area contributed by atoms with E-state index < -0.39 is 23.7 Å². The minimum atomic E-state index is -0.691. The highest BCUT2D eigenvalue weighted by atomic mass is 19.1. The van der Waals surface area contributed by atoms with Gasteiger partial charge in [0.25, 0.3) is 11.8 Å². The topological polar surface area (TPSA) is 80.6 Å². The summed E-state index contributed by atoms with van der Waals surface area (Å²) in [5.74, 6) is -1.49. The number of imide groups is 2. The number of hydrogen-bond donors (Lipinski definition) is 1. The number of urea groups is 1. The van der Waals surface area contributed by atoms with Crippen LogP contribution in [0.5, 0.6) is 5.75 Å². The van der Waals surface area contributed by atoms with Gasteiger partial charge in [-0.15, -0.1) is 0 Å². The average Bonchev–Trinajstić information content (AvgIpc) is 3.47. The summed E-state index contributed by atoms with van der Waals surface area (Å²) in [5, 5.41) is 3.17. The number of para-hydroxylation sites is 2. The zero-order valence-electron chi connectivity index (χ0n) is 18.5. The van der Waals surface area contributed by atoms with E-state index in [1.807, 2.05) is 35.0 Å². The lowest BCUT2D eigenvalue weighted by Gasteiger charge is -2.31. The van der Waals surface area contributed by atoms with Crippen molar-refractivity contribution >= 4 is 34.8 Å². The maximum atomic E-state index is 13.8. The molecule has 1 saturated heterocycles. The number of hydrogen-bond acceptors (Lipinski definition) is 4. The van der Waals surface area contributed by atoms with E-state index in [1.165, 1.54) is 11.0 Å². The number of carbonyl (C=O) groups is 3. The SMILES string of the molecule is O=C1NC(=O)N(C2CCCC2)C(=O)/C1=C/c1cn(CCOc2ccccc2F)c2ccccc12. The van der Waals surface area contributed by atoms with E-state index in [1.54, 1.807) is 24.3 Å². The summed E-state index contributed by atoms with van der Waals surface area (Å²) in [6.07, 6.45) is 6.79. The van der Waals surface area contributed by atoms with Gasteiger partial charge in [0.05, 0.1) is 6.54 Å². The van der Waals surface area contributed by atoms with Gasteiger partial charge in [0, 0.05) is 28.7 Å². The molecule has 1 aliphatic heterocycles. The van der Waals surface area contributed by atoms with Crippen LogP contribution >= 0.6 is 0 Å². The molecular weight excluding hydrogens is 437 g/mol. The normalized spacial score (nSPS) is 18.2. The highest BCUT2D eigenvalue weighted by Crippen LogP contribution is 2.29. The Kier molecular flexibility index (Phi) is 5.88. The fourth-order valence-corrected chi connectivity index (χ4v) is 4.71. The lowest BCUT2D eigenvalue weighted by atomic mass is 10.0. The van der Waals surface area contributed by atoms with Gasteiger partial charge in [0.15, 0.2) is 11.6 Å². The first kappa shape index (κ1) is 21.9. The molecule has 0 unspecified atom stereocenters. The molecule has 174 valence electrons. The van der Waals surface area contributed by atoms with E-state index in [4.69, 9.17) is 4.74 Å². The number of carbonyl (C=O) groups excluding carboxylic acids is 3. The molecule has 0 atom stereocenters. The van der Waals surface area contributed by atoms with Gasteiger partial charge in [0.1, 0.15) is 12.2 Å². The van der Waals surface area contributed by atoms with Crippen LogP contribution in [-0.4, -0.2) is 40.0 Å². The highest BCUT2D eigenvalue weighted by molar-refractivity contribution is 6.31. The Hall–Kier alpha value is -3.94. The first-order valence-electron chi connectivity index (χ1n) is 11.4. The van der Waals surface area contributed by atoms with Crippen LogP contribution in [0.1, 0.15) is 31.2 Å². The second kappa shape index (κ2) is 9.13. The van der Waals surface area contributed by atoms with E-state index in [0.29, 0.717) is 12.1 Å². The molecule has 1 aliphatic carbocycles. The van der Waals surface area contributed by atoms with Crippen molar-refractivity contribution < 1.29 is 23.5 Å². The van der Waals surface area contributed by atoms with Crippen LogP contribution in [0.4, 0.5) is 9.18 Å². The number of aromatic nitrogens is 1. The van der Waals surface area contributed by atoms with Crippen LogP contribution < -0.4 is 10.1 Å². The summed E-state index contributed by atoms with van der Waals surface area (Å²) in [6.45, 7) is 0.670. The fraction of sp³-hybridized carbons (Fsp3) is 0.269. The third kappa shape index (κ3) is 4.07. The first-order valence-corrected chi connectivity index (χ1v) is 11.4. The van der Waals surface area contributed by atoms with Gasteiger partial charge in [-0.2, -0.15) is 0 Å². The van der Waals surface area contributed by atoms with Crippen molar-refractivity contribution in [3.63, 3.8) is 0 Å². The smallest absolute Gasteiger partial charge is 0.331 e. The molecule has 2 aromatic carbocycles. The standard InChI is InChI=1S/C26H24FN3O4/c27-21-10-4-6-12-23(21)34-14-13-29-16-17(19-9-3-5-11-22(19)29)15-20-24(31)28-26(33)30(25(20)32)18-7-1-2-8-18/h3-6,9-12,15-16,18H,1-2,7-8,13-14H2,(H,28,31,33)/b20-15+. The Morgan fingerprint density at radius 1 is 1.03 bits per heavy atom. The monoisotopic (exact) mass is 461 g/mol. The van der Waals surface area contributed by atoms with Gasteiger partial charge in [-0.3, -0.25) is 19.8 Å². The lowest BCUT2D eigenvalue weighted by Crippen LogP contribution is -2.57. The zero-order valence-corrected chi connectivity index (χ0v) is 18.5. The quantitative estimate of drug-likeness (QED) is 0.439. The number of halogens is 1. The third-order valence-electron chi connectivity index (χ3n) is 6.37. The molecule has 0 bridgehead atoms. The Bertz CT molecular complexity index is 1310. The number of amides is 4. The number of fused-ring (bicyclic) bond motifs is 1. The van der Waals surface area contributed by atoms with Gasteiger partial charge >= 0.3 is 6.03 Å². The molecule has 2 fully saturated rings. The molecule has 1 saturated carbocycles. The van der Waals surface area contributed by atoms with E-state index >= 15 is 0 Å². The number of nitrogens with one attached hydrogen (secondary N) is 1. The maximum Gasteiger partial charge on any atom is 0.331 e. The number of rotatable bonds is 6. The Morgan fingerprint density at radius 2 is 1.76 bits per heavy atom. The van der Waals surface area contributed by atoms with Gasteiger partial charge < -0.3 is 9.30 Å². The molecule has 0 spiro atoms.